The molecular weight excluding hydrogens is 290 g/mol. The average Bonchev–Trinajstić information content (AvgIpc) is 3.20. The molecular formula is C18H19N3O2. The van der Waals surface area contributed by atoms with Crippen LogP contribution in [-0.2, 0) is 4.74 Å². The smallest absolute Gasteiger partial charge is 0.232 e. The Morgan fingerprint density at radius 2 is 2.09 bits per heavy atom. The molecule has 1 saturated heterocycles. The second kappa shape index (κ2) is 6.01. The number of ether oxygens (including phenoxy) is 1. The van der Waals surface area contributed by atoms with Crippen LogP contribution in [0, 0.1) is 6.92 Å². The Kier molecular flexibility index (Phi) is 3.71. The van der Waals surface area contributed by atoms with Crippen LogP contribution in [0.25, 0.3) is 22.2 Å². The highest BCUT2D eigenvalue weighted by molar-refractivity contribution is 6.00. The summed E-state index contributed by atoms with van der Waals surface area (Å²) in [5.41, 5.74) is 2.78. The number of aryl methyl sites for hydroxylation is 1. The van der Waals surface area contributed by atoms with Crippen LogP contribution in [-0.4, -0.2) is 29.2 Å². The molecule has 0 radical (unpaired) electrons. The molecule has 2 aromatic heterocycles. The number of benzene rings is 1. The maximum absolute atomic E-state index is 5.84. The summed E-state index contributed by atoms with van der Waals surface area (Å²) in [6.45, 7) is 3.57. The van der Waals surface area contributed by atoms with Crippen LogP contribution in [0.15, 0.2) is 41.1 Å². The van der Waals surface area contributed by atoms with Gasteiger partial charge in [-0.15, -0.1) is 0 Å². The van der Waals surface area contributed by atoms with Crippen molar-refractivity contribution in [1.82, 2.24) is 9.97 Å². The molecule has 1 aliphatic rings. The summed E-state index contributed by atoms with van der Waals surface area (Å²) in [5, 5.41) is 4.36. The van der Waals surface area contributed by atoms with Crippen molar-refractivity contribution in [2.75, 3.05) is 18.5 Å². The number of rotatable bonds is 4. The van der Waals surface area contributed by atoms with Crippen molar-refractivity contribution in [3.63, 3.8) is 0 Å². The topological polar surface area (TPSA) is 60.2 Å². The van der Waals surface area contributed by atoms with Crippen LogP contribution >= 0.6 is 0 Å². The Labute approximate surface area is 134 Å². The molecule has 0 unspecified atom stereocenters. The van der Waals surface area contributed by atoms with Crippen molar-refractivity contribution >= 4 is 16.9 Å². The van der Waals surface area contributed by atoms with E-state index < -0.39 is 0 Å². The van der Waals surface area contributed by atoms with Crippen molar-refractivity contribution in [3.8, 4) is 11.1 Å². The van der Waals surface area contributed by atoms with Gasteiger partial charge in [-0.2, -0.15) is 0 Å². The second-order valence-corrected chi connectivity index (χ2v) is 5.82. The van der Waals surface area contributed by atoms with Gasteiger partial charge in [0.25, 0.3) is 0 Å². The van der Waals surface area contributed by atoms with E-state index in [-0.39, 0.29) is 6.10 Å². The molecule has 1 aliphatic heterocycles. The van der Waals surface area contributed by atoms with Gasteiger partial charge in [0.05, 0.1) is 11.5 Å². The van der Waals surface area contributed by atoms with Crippen LogP contribution in [0.5, 0.6) is 0 Å². The van der Waals surface area contributed by atoms with Gasteiger partial charge in [0.15, 0.2) is 0 Å². The molecule has 4 rings (SSSR count). The largest absolute Gasteiger partial charge is 0.442 e. The highest BCUT2D eigenvalue weighted by Crippen LogP contribution is 2.36. The maximum Gasteiger partial charge on any atom is 0.232 e. The summed E-state index contributed by atoms with van der Waals surface area (Å²) in [7, 11) is 0. The van der Waals surface area contributed by atoms with E-state index in [0.717, 1.165) is 54.1 Å². The van der Waals surface area contributed by atoms with Crippen molar-refractivity contribution in [2.24, 2.45) is 0 Å². The normalized spacial score (nSPS) is 17.7. The summed E-state index contributed by atoms with van der Waals surface area (Å²) in [5.74, 6) is 1.66. The molecule has 5 nitrogen and oxygen atoms in total. The molecule has 3 aromatic rings. The van der Waals surface area contributed by atoms with E-state index in [2.05, 4.69) is 27.4 Å². The third kappa shape index (κ3) is 2.68. The molecule has 5 heteroatoms. The molecule has 0 bridgehead atoms. The van der Waals surface area contributed by atoms with Crippen molar-refractivity contribution in [2.45, 2.75) is 25.9 Å². The first kappa shape index (κ1) is 14.2. The molecule has 3 heterocycles. The summed E-state index contributed by atoms with van der Waals surface area (Å²) in [6, 6.07) is 10.2. The van der Waals surface area contributed by atoms with Gasteiger partial charge in [0, 0.05) is 18.7 Å². The highest BCUT2D eigenvalue weighted by Gasteiger charge is 2.20. The lowest BCUT2D eigenvalue weighted by atomic mass is 10.0. The quantitative estimate of drug-likeness (QED) is 0.794. The van der Waals surface area contributed by atoms with E-state index in [1.807, 2.05) is 25.1 Å². The monoisotopic (exact) mass is 309 g/mol. The predicted molar refractivity (Wildman–Crippen MR) is 89.4 cm³/mol. The third-order valence-corrected chi connectivity index (χ3v) is 4.25. The van der Waals surface area contributed by atoms with Crippen LogP contribution < -0.4 is 5.32 Å². The number of nitrogens with zero attached hydrogens (tertiary/aromatic N) is 2. The molecule has 0 amide bonds. The Balaban J connectivity index is 1.75. The first-order valence-electron chi connectivity index (χ1n) is 7.98. The number of hydrogen-bond acceptors (Lipinski definition) is 5. The zero-order valence-electron chi connectivity index (χ0n) is 13.1. The number of furan rings is 1. The summed E-state index contributed by atoms with van der Waals surface area (Å²) in [4.78, 5) is 8.71. The summed E-state index contributed by atoms with van der Waals surface area (Å²) in [6.07, 6.45) is 4.02. The molecule has 0 aliphatic carbocycles. The van der Waals surface area contributed by atoms with E-state index >= 15 is 0 Å². The van der Waals surface area contributed by atoms with Crippen LogP contribution in [0.3, 0.4) is 0 Å². The first-order chi connectivity index (χ1) is 11.3. The van der Waals surface area contributed by atoms with E-state index in [1.54, 1.807) is 0 Å². The van der Waals surface area contributed by atoms with Gasteiger partial charge < -0.3 is 14.5 Å². The molecule has 1 fully saturated rings. The van der Waals surface area contributed by atoms with Gasteiger partial charge in [-0.1, -0.05) is 30.3 Å². The molecule has 1 N–H and O–H groups in total. The van der Waals surface area contributed by atoms with Crippen molar-refractivity contribution < 1.29 is 9.15 Å². The van der Waals surface area contributed by atoms with Gasteiger partial charge in [0.1, 0.15) is 17.9 Å². The lowest BCUT2D eigenvalue weighted by Gasteiger charge is -2.12. The highest BCUT2D eigenvalue weighted by atomic mass is 16.5. The summed E-state index contributed by atoms with van der Waals surface area (Å²) >= 11 is 0. The standard InChI is InChI=1S/C18H19N3O2/c1-12-15(13-6-3-2-4-7-13)16-17(20-11-21-18(16)23-12)19-10-14-8-5-9-22-14/h2-4,6-7,11,14H,5,8-10H2,1H3,(H,19,20,21)/t14-/m0/s1. The number of aromatic nitrogens is 2. The number of hydrogen-bond donors (Lipinski definition) is 1. The van der Waals surface area contributed by atoms with Crippen molar-refractivity contribution in [1.29, 1.82) is 0 Å². The van der Waals surface area contributed by atoms with Gasteiger partial charge in [0.2, 0.25) is 5.71 Å². The number of nitrogens with one attached hydrogen (secondary N) is 1. The lowest BCUT2D eigenvalue weighted by Crippen LogP contribution is -2.19. The van der Waals surface area contributed by atoms with Crippen LogP contribution in [0.2, 0.25) is 0 Å². The third-order valence-electron chi connectivity index (χ3n) is 4.25. The Morgan fingerprint density at radius 1 is 1.22 bits per heavy atom. The molecule has 1 aromatic carbocycles. The Bertz CT molecular complexity index is 808. The van der Waals surface area contributed by atoms with Crippen LogP contribution in [0.4, 0.5) is 5.82 Å². The first-order valence-corrected chi connectivity index (χ1v) is 7.98. The van der Waals surface area contributed by atoms with Gasteiger partial charge in [-0.3, -0.25) is 0 Å². The second-order valence-electron chi connectivity index (χ2n) is 5.82. The fourth-order valence-corrected chi connectivity index (χ4v) is 3.15. The molecule has 1 atom stereocenters. The number of fused-ring (bicyclic) bond motifs is 1. The minimum absolute atomic E-state index is 0.258. The van der Waals surface area contributed by atoms with E-state index in [4.69, 9.17) is 9.15 Å². The predicted octanol–water partition coefficient (Wildman–Crippen LogP) is 3.79. The maximum atomic E-state index is 5.84. The van der Waals surface area contributed by atoms with E-state index in [1.165, 1.54) is 6.33 Å². The minimum Gasteiger partial charge on any atom is -0.442 e. The van der Waals surface area contributed by atoms with Gasteiger partial charge in [-0.05, 0) is 25.3 Å². The van der Waals surface area contributed by atoms with Crippen LogP contribution in [0.1, 0.15) is 18.6 Å². The molecule has 0 saturated carbocycles. The Hall–Kier alpha value is -2.40. The molecule has 23 heavy (non-hydrogen) atoms. The van der Waals surface area contributed by atoms with Gasteiger partial charge >= 0.3 is 0 Å². The Morgan fingerprint density at radius 3 is 2.87 bits per heavy atom. The number of anilines is 1. The minimum atomic E-state index is 0.258. The SMILES string of the molecule is Cc1oc2ncnc(NC[C@@H]3CCCO3)c2c1-c1ccccc1. The molecule has 118 valence electrons. The van der Waals surface area contributed by atoms with E-state index in [0.29, 0.717) is 5.71 Å². The lowest BCUT2D eigenvalue weighted by molar-refractivity contribution is 0.120. The van der Waals surface area contributed by atoms with Gasteiger partial charge in [-0.25, -0.2) is 9.97 Å². The zero-order chi connectivity index (χ0) is 15.6. The fourth-order valence-electron chi connectivity index (χ4n) is 3.15. The van der Waals surface area contributed by atoms with E-state index in [9.17, 15) is 0 Å². The van der Waals surface area contributed by atoms with Crippen molar-refractivity contribution in [3.05, 3.63) is 42.4 Å². The molecule has 0 spiro atoms. The average molecular weight is 309 g/mol. The zero-order valence-corrected chi connectivity index (χ0v) is 13.1. The fraction of sp³-hybridized carbons (Fsp3) is 0.333. The summed E-state index contributed by atoms with van der Waals surface area (Å²) < 4.78 is 11.5.